The maximum atomic E-state index is 13.4. The van der Waals surface area contributed by atoms with Gasteiger partial charge >= 0.3 is 0 Å². The molecule has 0 saturated heterocycles. The van der Waals surface area contributed by atoms with Crippen LogP contribution in [0, 0.1) is 6.92 Å². The van der Waals surface area contributed by atoms with Crippen molar-refractivity contribution < 1.29 is 4.79 Å². The first-order valence-electron chi connectivity index (χ1n) is 10.7. The van der Waals surface area contributed by atoms with Crippen molar-refractivity contribution in [1.82, 2.24) is 15.1 Å². The number of hydrogen-bond donors (Lipinski definition) is 1. The molecule has 3 aromatic rings. The highest BCUT2D eigenvalue weighted by molar-refractivity contribution is 6.00. The molecular formula is C27H27N3O. The second kappa shape index (κ2) is 9.43. The summed E-state index contributed by atoms with van der Waals surface area (Å²) in [4.78, 5) is 13.4. The molecule has 1 aliphatic rings. The van der Waals surface area contributed by atoms with Crippen LogP contribution in [0.15, 0.2) is 85.0 Å². The van der Waals surface area contributed by atoms with Gasteiger partial charge in [0.25, 0.3) is 5.91 Å². The maximum Gasteiger partial charge on any atom is 0.255 e. The maximum absolute atomic E-state index is 13.4. The third-order valence-corrected chi connectivity index (χ3v) is 5.42. The molecule has 2 aromatic carbocycles. The van der Waals surface area contributed by atoms with Crippen LogP contribution in [0.25, 0.3) is 11.3 Å². The number of carbonyl (C=O) groups excluding carboxylic acids is 1. The van der Waals surface area contributed by atoms with Gasteiger partial charge in [-0.05, 0) is 43.0 Å². The average Bonchev–Trinajstić information content (AvgIpc) is 2.98. The average molecular weight is 410 g/mol. The van der Waals surface area contributed by atoms with Crippen molar-refractivity contribution in [3.05, 3.63) is 113 Å². The second-order valence-corrected chi connectivity index (χ2v) is 7.65. The van der Waals surface area contributed by atoms with Crippen LogP contribution in [-0.2, 0) is 13.0 Å². The number of aryl methyl sites for hydroxylation is 1. The lowest BCUT2D eigenvalue weighted by molar-refractivity contribution is 0.0949. The van der Waals surface area contributed by atoms with Gasteiger partial charge in [-0.25, -0.2) is 4.68 Å². The van der Waals surface area contributed by atoms with Crippen LogP contribution in [0.2, 0.25) is 0 Å². The SMILES string of the molecule is CCc1c(C(=O)NCc2ccc(C)cc2)c(C2=CC=CC=CC2)nn1-c1ccccc1. The van der Waals surface area contributed by atoms with Crippen molar-refractivity contribution in [3.63, 3.8) is 0 Å². The van der Waals surface area contributed by atoms with E-state index in [1.54, 1.807) is 0 Å². The first-order chi connectivity index (χ1) is 15.2. The summed E-state index contributed by atoms with van der Waals surface area (Å²) < 4.78 is 1.91. The number of benzene rings is 2. The van der Waals surface area contributed by atoms with Gasteiger partial charge in [-0.15, -0.1) is 0 Å². The molecular weight excluding hydrogens is 382 g/mol. The summed E-state index contributed by atoms with van der Waals surface area (Å²) in [6.07, 6.45) is 11.6. The summed E-state index contributed by atoms with van der Waals surface area (Å²) in [7, 11) is 0. The summed E-state index contributed by atoms with van der Waals surface area (Å²) in [5, 5.41) is 8.04. The first-order valence-corrected chi connectivity index (χ1v) is 10.7. The molecule has 0 saturated carbocycles. The van der Waals surface area contributed by atoms with Gasteiger partial charge in [-0.1, -0.05) is 85.3 Å². The fourth-order valence-corrected chi connectivity index (χ4v) is 3.76. The van der Waals surface area contributed by atoms with Crippen molar-refractivity contribution in [3.8, 4) is 5.69 Å². The van der Waals surface area contributed by atoms with Gasteiger partial charge in [0.2, 0.25) is 0 Å². The molecule has 0 atom stereocenters. The lowest BCUT2D eigenvalue weighted by Gasteiger charge is -2.10. The van der Waals surface area contributed by atoms with Gasteiger partial charge < -0.3 is 5.32 Å². The Balaban J connectivity index is 1.74. The zero-order valence-electron chi connectivity index (χ0n) is 18.0. The summed E-state index contributed by atoms with van der Waals surface area (Å²) in [6, 6.07) is 18.2. The molecule has 31 heavy (non-hydrogen) atoms. The van der Waals surface area contributed by atoms with E-state index in [1.807, 2.05) is 71.5 Å². The Hall–Kier alpha value is -3.66. The zero-order chi connectivity index (χ0) is 21.6. The highest BCUT2D eigenvalue weighted by Gasteiger charge is 2.25. The van der Waals surface area contributed by atoms with Gasteiger partial charge in [0.05, 0.1) is 16.9 Å². The number of rotatable bonds is 6. The van der Waals surface area contributed by atoms with E-state index in [0.29, 0.717) is 18.5 Å². The third-order valence-electron chi connectivity index (χ3n) is 5.42. The van der Waals surface area contributed by atoms with E-state index >= 15 is 0 Å². The smallest absolute Gasteiger partial charge is 0.255 e. The lowest BCUT2D eigenvalue weighted by Crippen LogP contribution is -2.24. The minimum Gasteiger partial charge on any atom is -0.348 e. The van der Waals surface area contributed by atoms with Gasteiger partial charge in [-0.3, -0.25) is 4.79 Å². The molecule has 0 spiro atoms. The number of allylic oxidation sites excluding steroid dienone is 6. The van der Waals surface area contributed by atoms with Crippen LogP contribution in [-0.4, -0.2) is 15.7 Å². The third kappa shape index (κ3) is 4.58. The van der Waals surface area contributed by atoms with Crippen molar-refractivity contribution in [1.29, 1.82) is 0 Å². The van der Waals surface area contributed by atoms with Crippen LogP contribution in [0.4, 0.5) is 0 Å². The van der Waals surface area contributed by atoms with Gasteiger partial charge in [0, 0.05) is 6.54 Å². The fraction of sp³-hybridized carbons (Fsp3) is 0.185. The highest BCUT2D eigenvalue weighted by Crippen LogP contribution is 2.28. The number of nitrogens with zero attached hydrogens (tertiary/aromatic N) is 2. The normalized spacial score (nSPS) is 13.0. The summed E-state index contributed by atoms with van der Waals surface area (Å²) in [6.45, 7) is 4.61. The van der Waals surface area contributed by atoms with E-state index in [1.165, 1.54) is 5.56 Å². The molecule has 1 aromatic heterocycles. The standard InChI is InChI=1S/C27H27N3O/c1-3-24-25(27(31)28-19-21-17-15-20(2)16-18-21)26(22-11-7-4-5-8-12-22)29-30(24)23-13-9-6-10-14-23/h4-11,13-18H,3,12,19H2,1-2H3,(H,28,31). The Bertz CT molecular complexity index is 1150. The molecule has 1 amide bonds. The lowest BCUT2D eigenvalue weighted by atomic mass is 10.0. The molecule has 0 fully saturated rings. The number of nitrogens with one attached hydrogen (secondary N) is 1. The fourth-order valence-electron chi connectivity index (χ4n) is 3.76. The van der Waals surface area contributed by atoms with E-state index in [9.17, 15) is 4.79 Å². The molecule has 0 radical (unpaired) electrons. The second-order valence-electron chi connectivity index (χ2n) is 7.65. The summed E-state index contributed by atoms with van der Waals surface area (Å²) >= 11 is 0. The Morgan fingerprint density at radius 2 is 1.81 bits per heavy atom. The molecule has 4 heteroatoms. The quantitative estimate of drug-likeness (QED) is 0.578. The molecule has 1 aliphatic carbocycles. The monoisotopic (exact) mass is 409 g/mol. The highest BCUT2D eigenvalue weighted by atomic mass is 16.1. The predicted octanol–water partition coefficient (Wildman–Crippen LogP) is 5.57. The van der Waals surface area contributed by atoms with Crippen LogP contribution in [0.3, 0.4) is 0 Å². The number of para-hydroxylation sites is 1. The van der Waals surface area contributed by atoms with E-state index < -0.39 is 0 Å². The number of aromatic nitrogens is 2. The van der Waals surface area contributed by atoms with Gasteiger partial charge in [-0.2, -0.15) is 5.10 Å². The van der Waals surface area contributed by atoms with Crippen LogP contribution in [0.5, 0.6) is 0 Å². The Kier molecular flexibility index (Phi) is 6.27. The summed E-state index contributed by atoms with van der Waals surface area (Å²) in [5.41, 5.74) is 6.60. The Morgan fingerprint density at radius 3 is 2.55 bits per heavy atom. The predicted molar refractivity (Wildman–Crippen MR) is 126 cm³/mol. The van der Waals surface area contributed by atoms with Crippen molar-refractivity contribution in [2.45, 2.75) is 33.2 Å². The van der Waals surface area contributed by atoms with Crippen LogP contribution >= 0.6 is 0 Å². The van der Waals surface area contributed by atoms with E-state index in [4.69, 9.17) is 5.10 Å². The molecule has 0 unspecified atom stereocenters. The molecule has 1 heterocycles. The Labute approximate surface area is 183 Å². The van der Waals surface area contributed by atoms with E-state index in [0.717, 1.165) is 34.6 Å². The van der Waals surface area contributed by atoms with Crippen LogP contribution in [0.1, 0.15) is 46.2 Å². The molecule has 1 N–H and O–H groups in total. The molecule has 0 aliphatic heterocycles. The summed E-state index contributed by atoms with van der Waals surface area (Å²) in [5.74, 6) is -0.0901. The van der Waals surface area contributed by atoms with E-state index in [-0.39, 0.29) is 5.91 Å². The minimum atomic E-state index is -0.0901. The zero-order valence-corrected chi connectivity index (χ0v) is 18.0. The molecule has 0 bridgehead atoms. The molecule has 156 valence electrons. The first kappa shape index (κ1) is 20.6. The number of amides is 1. The molecule has 4 nitrogen and oxygen atoms in total. The largest absolute Gasteiger partial charge is 0.348 e. The topological polar surface area (TPSA) is 46.9 Å². The number of hydrogen-bond acceptors (Lipinski definition) is 2. The van der Waals surface area contributed by atoms with Crippen LogP contribution < -0.4 is 5.32 Å². The van der Waals surface area contributed by atoms with Crippen molar-refractivity contribution in [2.24, 2.45) is 0 Å². The minimum absolute atomic E-state index is 0.0901. The number of carbonyl (C=O) groups is 1. The van der Waals surface area contributed by atoms with Crippen molar-refractivity contribution in [2.75, 3.05) is 0 Å². The van der Waals surface area contributed by atoms with E-state index in [2.05, 4.69) is 37.4 Å². The van der Waals surface area contributed by atoms with Gasteiger partial charge in [0.1, 0.15) is 5.69 Å². The van der Waals surface area contributed by atoms with Gasteiger partial charge in [0.15, 0.2) is 0 Å². The van der Waals surface area contributed by atoms with Crippen molar-refractivity contribution >= 4 is 11.5 Å². The Morgan fingerprint density at radius 1 is 1.03 bits per heavy atom. The molecule has 4 rings (SSSR count).